The number of benzene rings is 1. The monoisotopic (exact) mass is 552 g/mol. The third-order valence-electron chi connectivity index (χ3n) is 6.16. The number of hydrogen-bond acceptors (Lipinski definition) is 10. The average Bonchev–Trinajstić information content (AvgIpc) is 3.65. The van der Waals surface area contributed by atoms with E-state index in [0.717, 1.165) is 18.4 Å². The molecule has 1 aliphatic rings. The summed E-state index contributed by atoms with van der Waals surface area (Å²) in [6.07, 6.45) is 3.51. The lowest BCUT2D eigenvalue weighted by molar-refractivity contribution is -0.137. The Morgan fingerprint density at radius 1 is 1.18 bits per heavy atom. The fraction of sp³-hybridized carbons (Fsp3) is 0.423. The quantitative estimate of drug-likeness (QED) is 0.229. The second kappa shape index (κ2) is 12.1. The molecule has 0 bridgehead atoms. The van der Waals surface area contributed by atoms with Crippen LogP contribution < -0.4 is 20.9 Å². The molecule has 0 aliphatic heterocycles. The van der Waals surface area contributed by atoms with E-state index in [1.807, 2.05) is 26.0 Å². The zero-order valence-electron chi connectivity index (χ0n) is 22.7. The summed E-state index contributed by atoms with van der Waals surface area (Å²) < 4.78 is 7.05. The van der Waals surface area contributed by atoms with Gasteiger partial charge in [0, 0.05) is 17.4 Å². The van der Waals surface area contributed by atoms with E-state index in [0.29, 0.717) is 23.7 Å². The third-order valence-corrected chi connectivity index (χ3v) is 6.16. The number of methoxy groups -OCH3 is 1. The van der Waals surface area contributed by atoms with Crippen LogP contribution in [0.4, 0.5) is 17.2 Å². The molecule has 212 valence electrons. The standard InChI is InChI=1S/C26H32N8O6/c1-5-40-33-24(38)21-18(11-19(30-31-21)29-23(37)15-9-10-15)28-17-8-6-7-16(22(17)39-4)12-26(2,3)25-27-14-34(32-25)13-20(35)36/h6-8,11,14-15H,5,9-10,12-13H2,1-4H3,(H,33,38)(H,35,36)(H2,28,29,30,37). The lowest BCUT2D eigenvalue weighted by atomic mass is 9.84. The van der Waals surface area contributed by atoms with Crippen molar-refractivity contribution < 1.29 is 29.1 Å². The van der Waals surface area contributed by atoms with Gasteiger partial charge in [-0.2, -0.15) is 5.10 Å². The van der Waals surface area contributed by atoms with Crippen molar-refractivity contribution in [1.82, 2.24) is 30.4 Å². The molecule has 0 radical (unpaired) electrons. The van der Waals surface area contributed by atoms with E-state index in [9.17, 15) is 14.4 Å². The van der Waals surface area contributed by atoms with E-state index < -0.39 is 17.3 Å². The molecular formula is C26H32N8O6. The van der Waals surface area contributed by atoms with Crippen molar-refractivity contribution in [2.24, 2.45) is 5.92 Å². The Bertz CT molecular complexity index is 1400. The third kappa shape index (κ3) is 6.88. The number of ether oxygens (including phenoxy) is 1. The van der Waals surface area contributed by atoms with Crippen LogP contribution in [0.1, 0.15) is 55.5 Å². The Morgan fingerprint density at radius 3 is 2.62 bits per heavy atom. The predicted octanol–water partition coefficient (Wildman–Crippen LogP) is 2.46. The summed E-state index contributed by atoms with van der Waals surface area (Å²) in [5, 5.41) is 27.4. The minimum absolute atomic E-state index is 0.0377. The SMILES string of the molecule is CCONC(=O)c1nnc(NC(=O)C2CC2)cc1Nc1cccc(CC(C)(C)c2ncn(CC(=O)O)n2)c1OC. The first kappa shape index (κ1) is 28.4. The van der Waals surface area contributed by atoms with Gasteiger partial charge in [-0.15, -0.1) is 10.2 Å². The topological polar surface area (TPSA) is 182 Å². The summed E-state index contributed by atoms with van der Waals surface area (Å²) in [4.78, 5) is 45.4. The van der Waals surface area contributed by atoms with Gasteiger partial charge in [0.15, 0.2) is 17.3 Å². The first-order valence-corrected chi connectivity index (χ1v) is 12.8. The van der Waals surface area contributed by atoms with Crippen LogP contribution in [0.25, 0.3) is 0 Å². The van der Waals surface area contributed by atoms with Gasteiger partial charge in [0.1, 0.15) is 18.6 Å². The zero-order chi connectivity index (χ0) is 28.9. The van der Waals surface area contributed by atoms with Gasteiger partial charge < -0.3 is 20.5 Å². The van der Waals surface area contributed by atoms with Gasteiger partial charge in [-0.3, -0.25) is 19.2 Å². The Balaban J connectivity index is 1.63. The molecule has 2 heterocycles. The predicted molar refractivity (Wildman–Crippen MR) is 143 cm³/mol. The van der Waals surface area contributed by atoms with Crippen molar-refractivity contribution in [2.45, 2.75) is 52.0 Å². The molecule has 0 atom stereocenters. The molecule has 1 aliphatic carbocycles. The molecule has 0 unspecified atom stereocenters. The number of anilines is 3. The minimum Gasteiger partial charge on any atom is -0.494 e. The number of carbonyl (C=O) groups is 3. The Hall–Kier alpha value is -4.59. The molecule has 0 spiro atoms. The van der Waals surface area contributed by atoms with Gasteiger partial charge in [-0.1, -0.05) is 26.0 Å². The van der Waals surface area contributed by atoms with Gasteiger partial charge >= 0.3 is 5.97 Å². The van der Waals surface area contributed by atoms with Crippen LogP contribution in [0.3, 0.4) is 0 Å². The van der Waals surface area contributed by atoms with E-state index in [2.05, 4.69) is 36.4 Å². The molecule has 14 nitrogen and oxygen atoms in total. The molecule has 0 saturated heterocycles. The van der Waals surface area contributed by atoms with E-state index in [1.165, 1.54) is 24.2 Å². The number of nitrogens with one attached hydrogen (secondary N) is 3. The summed E-state index contributed by atoms with van der Waals surface area (Å²) in [7, 11) is 1.53. The first-order chi connectivity index (χ1) is 19.1. The smallest absolute Gasteiger partial charge is 0.325 e. The highest BCUT2D eigenvalue weighted by molar-refractivity contribution is 5.99. The molecule has 14 heteroatoms. The summed E-state index contributed by atoms with van der Waals surface area (Å²) in [6, 6.07) is 7.04. The lowest BCUT2D eigenvalue weighted by Gasteiger charge is -2.24. The Morgan fingerprint density at radius 2 is 1.95 bits per heavy atom. The van der Waals surface area contributed by atoms with Crippen LogP contribution in [0.2, 0.25) is 0 Å². The van der Waals surface area contributed by atoms with Crippen LogP contribution in [0.5, 0.6) is 5.75 Å². The first-order valence-electron chi connectivity index (χ1n) is 12.8. The molecule has 2 amide bonds. The molecule has 3 aromatic rings. The number of nitrogens with zero attached hydrogens (tertiary/aromatic N) is 5. The van der Waals surface area contributed by atoms with Crippen molar-refractivity contribution in [2.75, 3.05) is 24.4 Å². The molecule has 1 saturated carbocycles. The number of carboxylic acid groups (broad SMARTS) is 1. The molecule has 4 rings (SSSR count). The maximum absolute atomic E-state index is 12.8. The summed E-state index contributed by atoms with van der Waals surface area (Å²) >= 11 is 0. The largest absolute Gasteiger partial charge is 0.494 e. The number of carboxylic acids is 1. The van der Waals surface area contributed by atoms with Crippen molar-refractivity contribution in [3.05, 3.63) is 47.7 Å². The maximum atomic E-state index is 12.8. The Labute approximate surface area is 230 Å². The summed E-state index contributed by atoms with van der Waals surface area (Å²) in [6.45, 7) is 5.60. The minimum atomic E-state index is -1.01. The maximum Gasteiger partial charge on any atom is 0.325 e. The molecule has 4 N–H and O–H groups in total. The van der Waals surface area contributed by atoms with Crippen molar-refractivity contribution in [1.29, 1.82) is 0 Å². The molecule has 2 aromatic heterocycles. The van der Waals surface area contributed by atoms with Gasteiger partial charge in [-0.05, 0) is 37.8 Å². The van der Waals surface area contributed by atoms with E-state index >= 15 is 0 Å². The van der Waals surface area contributed by atoms with Crippen molar-refractivity contribution in [3.8, 4) is 5.75 Å². The van der Waals surface area contributed by atoms with E-state index in [4.69, 9.17) is 14.7 Å². The normalized spacial score (nSPS) is 13.0. The van der Waals surface area contributed by atoms with Crippen LogP contribution in [-0.2, 0) is 32.8 Å². The van der Waals surface area contributed by atoms with Gasteiger partial charge in [0.05, 0.1) is 25.1 Å². The number of hydroxylamine groups is 1. The number of para-hydroxylation sites is 1. The lowest BCUT2D eigenvalue weighted by Crippen LogP contribution is -2.26. The molecule has 40 heavy (non-hydrogen) atoms. The second-order valence-corrected chi connectivity index (χ2v) is 9.96. The second-order valence-electron chi connectivity index (χ2n) is 9.96. The number of aliphatic carboxylic acids is 1. The number of rotatable bonds is 13. The van der Waals surface area contributed by atoms with Crippen LogP contribution in [0, 0.1) is 5.92 Å². The number of carbonyl (C=O) groups excluding carboxylic acids is 2. The summed E-state index contributed by atoms with van der Waals surface area (Å²) in [5.41, 5.74) is 3.33. The molecule has 1 aromatic carbocycles. The van der Waals surface area contributed by atoms with Crippen LogP contribution in [-0.4, -0.2) is 61.6 Å². The fourth-order valence-electron chi connectivity index (χ4n) is 4.06. The number of hydrogen-bond donors (Lipinski definition) is 4. The number of amides is 2. The zero-order valence-corrected chi connectivity index (χ0v) is 22.7. The highest BCUT2D eigenvalue weighted by Gasteiger charge is 2.31. The number of aromatic nitrogens is 5. The molecular weight excluding hydrogens is 520 g/mol. The highest BCUT2D eigenvalue weighted by Crippen LogP contribution is 2.37. The van der Waals surface area contributed by atoms with Crippen LogP contribution >= 0.6 is 0 Å². The van der Waals surface area contributed by atoms with Crippen LogP contribution in [0.15, 0.2) is 30.6 Å². The summed E-state index contributed by atoms with van der Waals surface area (Å²) in [5.74, 6) is -0.611. The van der Waals surface area contributed by atoms with Crippen molar-refractivity contribution >= 4 is 35.0 Å². The van der Waals surface area contributed by atoms with Gasteiger partial charge in [-0.25, -0.2) is 15.1 Å². The average molecular weight is 553 g/mol. The highest BCUT2D eigenvalue weighted by atomic mass is 16.6. The van der Waals surface area contributed by atoms with Crippen molar-refractivity contribution in [3.63, 3.8) is 0 Å². The molecule has 1 fully saturated rings. The van der Waals surface area contributed by atoms with E-state index in [1.54, 1.807) is 13.0 Å². The Kier molecular flexibility index (Phi) is 8.58. The fourth-order valence-corrected chi connectivity index (χ4v) is 4.06. The van der Waals surface area contributed by atoms with Gasteiger partial charge in [0.2, 0.25) is 5.91 Å². The van der Waals surface area contributed by atoms with E-state index in [-0.39, 0.29) is 42.2 Å². The van der Waals surface area contributed by atoms with Gasteiger partial charge in [0.25, 0.3) is 5.91 Å².